The normalized spacial score (nSPS) is 13.1. The molecular weight excluding hydrogens is 216 g/mol. The van der Waals surface area contributed by atoms with Crippen LogP contribution in [0, 0.1) is 5.92 Å². The van der Waals surface area contributed by atoms with Crippen LogP contribution in [0.4, 0.5) is 5.69 Å². The Bertz CT molecular complexity index is 395. The summed E-state index contributed by atoms with van der Waals surface area (Å²) < 4.78 is 0. The summed E-state index contributed by atoms with van der Waals surface area (Å²) in [5, 5.41) is 9.70. The van der Waals surface area contributed by atoms with Crippen molar-refractivity contribution < 1.29 is 4.79 Å². The minimum atomic E-state index is -0.216. The first-order chi connectivity index (χ1) is 7.84. The third-order valence-electron chi connectivity index (χ3n) is 2.98. The van der Waals surface area contributed by atoms with Crippen LogP contribution in [-0.4, -0.2) is 22.1 Å². The van der Waals surface area contributed by atoms with E-state index in [0.717, 1.165) is 5.69 Å². The molecule has 5 nitrogen and oxygen atoms in total. The lowest BCUT2D eigenvalue weighted by Crippen LogP contribution is -2.36. The first-order valence-corrected chi connectivity index (χ1v) is 5.99. The molecule has 1 rings (SSSR count). The van der Waals surface area contributed by atoms with Gasteiger partial charge in [0.2, 0.25) is 0 Å². The molecule has 0 fully saturated rings. The zero-order valence-electron chi connectivity index (χ0n) is 11.2. The number of hydrogen-bond acceptors (Lipinski definition) is 3. The Morgan fingerprint density at radius 2 is 1.88 bits per heavy atom. The zero-order valence-corrected chi connectivity index (χ0v) is 11.2. The van der Waals surface area contributed by atoms with Gasteiger partial charge in [0.15, 0.2) is 5.69 Å². The molecule has 1 aromatic heterocycles. The number of nitrogen functional groups attached to an aromatic ring is 1. The van der Waals surface area contributed by atoms with E-state index in [-0.39, 0.29) is 17.9 Å². The van der Waals surface area contributed by atoms with Crippen LogP contribution in [0.25, 0.3) is 0 Å². The molecule has 96 valence electrons. The molecule has 0 aliphatic carbocycles. The van der Waals surface area contributed by atoms with Crippen molar-refractivity contribution >= 4 is 11.6 Å². The second-order valence-electron chi connectivity index (χ2n) is 5.06. The molecule has 0 aliphatic heterocycles. The Morgan fingerprint density at radius 1 is 1.29 bits per heavy atom. The Morgan fingerprint density at radius 3 is 2.29 bits per heavy atom. The molecule has 1 aromatic rings. The summed E-state index contributed by atoms with van der Waals surface area (Å²) in [5.74, 6) is 0.391. The van der Waals surface area contributed by atoms with E-state index < -0.39 is 0 Å². The van der Waals surface area contributed by atoms with E-state index in [1.165, 1.54) is 0 Å². The fraction of sp³-hybridized carbons (Fsp3) is 0.667. The highest BCUT2D eigenvalue weighted by molar-refractivity contribution is 5.97. The summed E-state index contributed by atoms with van der Waals surface area (Å²) in [7, 11) is 0. The average molecular weight is 238 g/mol. The van der Waals surface area contributed by atoms with E-state index in [1.807, 2.05) is 20.8 Å². The summed E-state index contributed by atoms with van der Waals surface area (Å²) in [4.78, 5) is 11.9. The number of carbonyl (C=O) groups is 1. The number of hydrogen-bond donors (Lipinski definition) is 3. The van der Waals surface area contributed by atoms with Gasteiger partial charge in [0, 0.05) is 6.04 Å². The molecule has 1 amide bonds. The van der Waals surface area contributed by atoms with Crippen LogP contribution in [0.1, 0.15) is 56.7 Å². The van der Waals surface area contributed by atoms with Crippen molar-refractivity contribution in [2.75, 3.05) is 5.73 Å². The fourth-order valence-electron chi connectivity index (χ4n) is 1.42. The summed E-state index contributed by atoms with van der Waals surface area (Å²) >= 11 is 0. The third-order valence-corrected chi connectivity index (χ3v) is 2.98. The molecule has 1 atom stereocenters. The van der Waals surface area contributed by atoms with E-state index >= 15 is 0 Å². The highest BCUT2D eigenvalue weighted by Gasteiger charge is 2.20. The van der Waals surface area contributed by atoms with Crippen LogP contribution < -0.4 is 11.1 Å². The highest BCUT2D eigenvalue weighted by atomic mass is 16.2. The van der Waals surface area contributed by atoms with Crippen molar-refractivity contribution in [1.29, 1.82) is 0 Å². The standard InChI is InChI=1S/C12H22N4O/c1-6(2)8(5)14-12(17)11-9(13)10(7(3)4)15-16-11/h6-8H,13H2,1-5H3,(H,14,17)(H,15,16). The topological polar surface area (TPSA) is 83.8 Å². The number of aromatic nitrogens is 2. The second-order valence-corrected chi connectivity index (χ2v) is 5.06. The van der Waals surface area contributed by atoms with Gasteiger partial charge in [-0.3, -0.25) is 9.89 Å². The van der Waals surface area contributed by atoms with Gasteiger partial charge in [-0.25, -0.2) is 0 Å². The maximum Gasteiger partial charge on any atom is 0.274 e. The van der Waals surface area contributed by atoms with Crippen molar-refractivity contribution in [3.63, 3.8) is 0 Å². The molecular formula is C12H22N4O. The predicted octanol–water partition coefficient (Wildman–Crippen LogP) is 1.89. The Labute approximate surface area is 102 Å². The molecule has 1 heterocycles. The minimum Gasteiger partial charge on any atom is -0.395 e. The molecule has 0 spiro atoms. The van der Waals surface area contributed by atoms with Crippen LogP contribution in [0.15, 0.2) is 0 Å². The third kappa shape index (κ3) is 2.99. The largest absolute Gasteiger partial charge is 0.395 e. The van der Waals surface area contributed by atoms with Gasteiger partial charge in [0.25, 0.3) is 5.91 Å². The van der Waals surface area contributed by atoms with Crippen LogP contribution in [0.5, 0.6) is 0 Å². The number of rotatable bonds is 4. The van der Waals surface area contributed by atoms with Gasteiger partial charge in [-0.2, -0.15) is 5.10 Å². The molecule has 0 aromatic carbocycles. The smallest absolute Gasteiger partial charge is 0.274 e. The lowest BCUT2D eigenvalue weighted by molar-refractivity contribution is 0.0926. The second kappa shape index (κ2) is 5.21. The number of carbonyl (C=O) groups excluding carboxylic acids is 1. The molecule has 17 heavy (non-hydrogen) atoms. The van der Waals surface area contributed by atoms with Gasteiger partial charge in [-0.15, -0.1) is 0 Å². The lowest BCUT2D eigenvalue weighted by atomic mass is 10.1. The fourth-order valence-corrected chi connectivity index (χ4v) is 1.42. The summed E-state index contributed by atoms with van der Waals surface area (Å²) in [6, 6.07) is 0.0982. The summed E-state index contributed by atoms with van der Waals surface area (Å²) in [6.45, 7) is 10.1. The molecule has 0 radical (unpaired) electrons. The molecule has 0 aliphatic rings. The Balaban J connectivity index is 2.83. The number of aromatic amines is 1. The van der Waals surface area contributed by atoms with Crippen LogP contribution >= 0.6 is 0 Å². The molecule has 1 unspecified atom stereocenters. The van der Waals surface area contributed by atoms with Crippen molar-refractivity contribution in [3.8, 4) is 0 Å². The Hall–Kier alpha value is -1.52. The van der Waals surface area contributed by atoms with Gasteiger partial charge >= 0.3 is 0 Å². The average Bonchev–Trinajstić information content (AvgIpc) is 2.59. The zero-order chi connectivity index (χ0) is 13.2. The van der Waals surface area contributed by atoms with Crippen LogP contribution in [-0.2, 0) is 0 Å². The van der Waals surface area contributed by atoms with Crippen LogP contribution in [0.3, 0.4) is 0 Å². The van der Waals surface area contributed by atoms with Gasteiger partial charge in [-0.1, -0.05) is 27.7 Å². The van der Waals surface area contributed by atoms with Crippen molar-refractivity contribution in [2.45, 2.75) is 46.6 Å². The van der Waals surface area contributed by atoms with Gasteiger partial charge in [0.1, 0.15) is 0 Å². The molecule has 5 heteroatoms. The van der Waals surface area contributed by atoms with E-state index in [9.17, 15) is 4.79 Å². The summed E-state index contributed by atoms with van der Waals surface area (Å²) in [5.41, 5.74) is 7.46. The van der Waals surface area contributed by atoms with Gasteiger partial charge in [-0.05, 0) is 18.8 Å². The van der Waals surface area contributed by atoms with Gasteiger partial charge < -0.3 is 11.1 Å². The van der Waals surface area contributed by atoms with E-state index in [0.29, 0.717) is 17.3 Å². The molecule has 4 N–H and O–H groups in total. The van der Waals surface area contributed by atoms with Gasteiger partial charge in [0.05, 0.1) is 11.4 Å². The monoisotopic (exact) mass is 238 g/mol. The van der Waals surface area contributed by atoms with E-state index in [2.05, 4.69) is 29.4 Å². The van der Waals surface area contributed by atoms with Crippen molar-refractivity contribution in [1.82, 2.24) is 15.5 Å². The predicted molar refractivity (Wildman–Crippen MR) is 68.9 cm³/mol. The van der Waals surface area contributed by atoms with Crippen molar-refractivity contribution in [3.05, 3.63) is 11.4 Å². The number of H-pyrrole nitrogens is 1. The molecule has 0 saturated heterocycles. The molecule has 0 saturated carbocycles. The Kier molecular flexibility index (Phi) is 4.15. The lowest BCUT2D eigenvalue weighted by Gasteiger charge is -2.16. The quantitative estimate of drug-likeness (QED) is 0.749. The van der Waals surface area contributed by atoms with E-state index in [4.69, 9.17) is 5.73 Å². The van der Waals surface area contributed by atoms with Crippen LogP contribution in [0.2, 0.25) is 0 Å². The van der Waals surface area contributed by atoms with E-state index in [1.54, 1.807) is 0 Å². The molecule has 0 bridgehead atoms. The minimum absolute atomic E-state index is 0.0982. The summed E-state index contributed by atoms with van der Waals surface area (Å²) in [6.07, 6.45) is 0. The first-order valence-electron chi connectivity index (χ1n) is 5.99. The number of nitrogens with zero attached hydrogens (tertiary/aromatic N) is 1. The number of anilines is 1. The van der Waals surface area contributed by atoms with Crippen molar-refractivity contribution in [2.24, 2.45) is 5.92 Å². The maximum atomic E-state index is 11.9. The number of nitrogens with one attached hydrogen (secondary N) is 2. The SMILES string of the molecule is CC(C)c1[nH]nc(C(=O)NC(C)C(C)C)c1N. The number of amides is 1. The maximum absolute atomic E-state index is 11.9. The number of nitrogens with two attached hydrogens (primary N) is 1. The first kappa shape index (κ1) is 13.5. The highest BCUT2D eigenvalue weighted by Crippen LogP contribution is 2.22.